The van der Waals surface area contributed by atoms with Gasteiger partial charge in [-0.1, -0.05) is 22.0 Å². The number of hydrogen-bond donors (Lipinski definition) is 1. The van der Waals surface area contributed by atoms with Gasteiger partial charge in [0.25, 0.3) is 0 Å². The van der Waals surface area contributed by atoms with Crippen LogP contribution in [-0.2, 0) is 0 Å². The van der Waals surface area contributed by atoms with Gasteiger partial charge in [-0.2, -0.15) is 0 Å². The fraction of sp³-hybridized carbons (Fsp3) is 0.167. The van der Waals surface area contributed by atoms with Crippen molar-refractivity contribution in [3.8, 4) is 0 Å². The molecule has 1 nitrogen and oxygen atoms in total. The van der Waals surface area contributed by atoms with E-state index in [1.807, 2.05) is 31.2 Å². The van der Waals surface area contributed by atoms with Gasteiger partial charge in [0.15, 0.2) is 0 Å². The van der Waals surface area contributed by atoms with Crippen LogP contribution in [0.15, 0.2) is 36.3 Å². The quantitative estimate of drug-likeness (QED) is 0.660. The van der Waals surface area contributed by atoms with Gasteiger partial charge < -0.3 is 5.11 Å². The van der Waals surface area contributed by atoms with Crippen LogP contribution in [0.5, 0.6) is 0 Å². The Morgan fingerprint density at radius 2 is 1.82 bits per heavy atom. The molecule has 1 heterocycles. The SMILES string of the molecule is Cc1ccc(Br)cc1C(O)c1cc(Br)sc1Br. The summed E-state index contributed by atoms with van der Waals surface area (Å²) in [6.07, 6.45) is -0.607. The molecular weight excluding hydrogens is 432 g/mol. The van der Waals surface area contributed by atoms with Crippen LogP contribution >= 0.6 is 59.1 Å². The molecule has 0 bridgehead atoms. The van der Waals surface area contributed by atoms with Crippen molar-refractivity contribution in [1.82, 2.24) is 0 Å². The lowest BCUT2D eigenvalue weighted by atomic mass is 10.00. The predicted octanol–water partition coefficient (Wildman–Crippen LogP) is 5.43. The Hall–Kier alpha value is 0.320. The summed E-state index contributed by atoms with van der Waals surface area (Å²) in [7, 11) is 0. The minimum Gasteiger partial charge on any atom is -0.384 e. The van der Waals surface area contributed by atoms with E-state index < -0.39 is 6.10 Å². The second-order valence-corrected chi connectivity index (χ2v) is 8.35. The number of halogens is 3. The standard InChI is InChI=1S/C12H9Br3OS/c1-6-2-3-7(13)4-8(6)11(16)9-5-10(14)17-12(9)15/h2-5,11,16H,1H3. The summed E-state index contributed by atoms with van der Waals surface area (Å²) in [6, 6.07) is 7.87. The maximum absolute atomic E-state index is 10.4. The summed E-state index contributed by atoms with van der Waals surface area (Å²) in [5, 5.41) is 10.4. The average molecular weight is 441 g/mol. The zero-order valence-corrected chi connectivity index (χ0v) is 14.5. The van der Waals surface area contributed by atoms with E-state index in [-0.39, 0.29) is 0 Å². The monoisotopic (exact) mass is 438 g/mol. The van der Waals surface area contributed by atoms with Gasteiger partial charge in [0, 0.05) is 10.0 Å². The van der Waals surface area contributed by atoms with Gasteiger partial charge in [-0.05, 0) is 68.1 Å². The zero-order chi connectivity index (χ0) is 12.6. The highest BCUT2D eigenvalue weighted by Gasteiger charge is 2.18. The van der Waals surface area contributed by atoms with E-state index in [1.54, 1.807) is 11.3 Å². The maximum Gasteiger partial charge on any atom is 0.106 e. The third-order valence-electron chi connectivity index (χ3n) is 2.51. The fourth-order valence-electron chi connectivity index (χ4n) is 1.61. The molecule has 0 spiro atoms. The van der Waals surface area contributed by atoms with Crippen LogP contribution in [0.25, 0.3) is 0 Å². The van der Waals surface area contributed by atoms with Gasteiger partial charge in [-0.15, -0.1) is 11.3 Å². The van der Waals surface area contributed by atoms with Crippen molar-refractivity contribution in [2.45, 2.75) is 13.0 Å². The number of aliphatic hydroxyl groups excluding tert-OH is 1. The third kappa shape index (κ3) is 3.01. The van der Waals surface area contributed by atoms with Gasteiger partial charge in [-0.3, -0.25) is 0 Å². The molecule has 1 aromatic carbocycles. The number of benzene rings is 1. The maximum atomic E-state index is 10.4. The first kappa shape index (κ1) is 13.7. The van der Waals surface area contributed by atoms with E-state index in [9.17, 15) is 5.11 Å². The topological polar surface area (TPSA) is 20.2 Å². The summed E-state index contributed by atoms with van der Waals surface area (Å²) in [5.41, 5.74) is 2.89. The Morgan fingerprint density at radius 3 is 2.41 bits per heavy atom. The normalized spacial score (nSPS) is 12.8. The van der Waals surface area contributed by atoms with Crippen molar-refractivity contribution in [3.63, 3.8) is 0 Å². The predicted molar refractivity (Wildman–Crippen MR) is 82.7 cm³/mol. The smallest absolute Gasteiger partial charge is 0.106 e. The molecule has 17 heavy (non-hydrogen) atoms. The number of thiophene rings is 1. The van der Waals surface area contributed by atoms with Crippen LogP contribution < -0.4 is 0 Å². The van der Waals surface area contributed by atoms with Crippen molar-refractivity contribution < 1.29 is 5.11 Å². The molecule has 1 unspecified atom stereocenters. The largest absolute Gasteiger partial charge is 0.384 e. The minimum absolute atomic E-state index is 0.607. The number of hydrogen-bond acceptors (Lipinski definition) is 2. The van der Waals surface area contributed by atoms with E-state index in [1.165, 1.54) is 0 Å². The minimum atomic E-state index is -0.607. The summed E-state index contributed by atoms with van der Waals surface area (Å²) >= 11 is 11.9. The summed E-state index contributed by atoms with van der Waals surface area (Å²) < 4.78 is 2.94. The Balaban J connectivity index is 2.46. The molecule has 1 aromatic heterocycles. The molecule has 0 aliphatic rings. The molecule has 0 radical (unpaired) electrons. The van der Waals surface area contributed by atoms with Gasteiger partial charge in [0.1, 0.15) is 6.10 Å². The van der Waals surface area contributed by atoms with E-state index in [4.69, 9.17) is 0 Å². The van der Waals surface area contributed by atoms with Crippen molar-refractivity contribution in [3.05, 3.63) is 53.0 Å². The van der Waals surface area contributed by atoms with Crippen molar-refractivity contribution in [1.29, 1.82) is 0 Å². The molecule has 0 saturated heterocycles. The Bertz CT molecular complexity index is 551. The summed E-state index contributed by atoms with van der Waals surface area (Å²) in [4.78, 5) is 0. The van der Waals surface area contributed by atoms with E-state index in [0.29, 0.717) is 0 Å². The van der Waals surface area contributed by atoms with Gasteiger partial charge in [0.2, 0.25) is 0 Å². The van der Waals surface area contributed by atoms with E-state index in [0.717, 1.165) is 28.7 Å². The molecule has 90 valence electrons. The van der Waals surface area contributed by atoms with Gasteiger partial charge in [0.05, 0.1) is 7.57 Å². The lowest BCUT2D eigenvalue weighted by Crippen LogP contribution is -2.01. The van der Waals surface area contributed by atoms with Crippen LogP contribution in [-0.4, -0.2) is 5.11 Å². The first-order valence-corrected chi connectivity index (χ1v) is 8.07. The van der Waals surface area contributed by atoms with E-state index in [2.05, 4.69) is 47.8 Å². The lowest BCUT2D eigenvalue weighted by molar-refractivity contribution is 0.219. The van der Waals surface area contributed by atoms with Crippen LogP contribution in [0.2, 0.25) is 0 Å². The highest BCUT2D eigenvalue weighted by molar-refractivity contribution is 9.12. The highest BCUT2D eigenvalue weighted by atomic mass is 79.9. The van der Waals surface area contributed by atoms with Crippen molar-refractivity contribution in [2.24, 2.45) is 0 Å². The van der Waals surface area contributed by atoms with Gasteiger partial charge >= 0.3 is 0 Å². The molecule has 1 atom stereocenters. The van der Waals surface area contributed by atoms with Crippen molar-refractivity contribution >= 4 is 59.1 Å². The molecule has 1 N–H and O–H groups in total. The average Bonchev–Trinajstić information content (AvgIpc) is 2.60. The molecule has 5 heteroatoms. The van der Waals surface area contributed by atoms with E-state index >= 15 is 0 Å². The Morgan fingerprint density at radius 1 is 1.12 bits per heavy atom. The number of aliphatic hydroxyl groups is 1. The van der Waals surface area contributed by atoms with Crippen LogP contribution in [0.3, 0.4) is 0 Å². The summed E-state index contributed by atoms with van der Waals surface area (Å²) in [5.74, 6) is 0. The molecule has 0 aliphatic heterocycles. The molecule has 0 fully saturated rings. The van der Waals surface area contributed by atoms with Gasteiger partial charge in [-0.25, -0.2) is 0 Å². The zero-order valence-electron chi connectivity index (χ0n) is 8.88. The second-order valence-electron chi connectivity index (χ2n) is 3.68. The van der Waals surface area contributed by atoms with Crippen LogP contribution in [0, 0.1) is 6.92 Å². The Labute approximate surface area is 129 Å². The molecule has 2 rings (SSSR count). The van der Waals surface area contributed by atoms with Crippen LogP contribution in [0.1, 0.15) is 22.8 Å². The third-order valence-corrected chi connectivity index (χ3v) is 5.39. The summed E-state index contributed by atoms with van der Waals surface area (Å²) in [6.45, 7) is 2.00. The number of rotatable bonds is 2. The molecule has 2 aromatic rings. The lowest BCUT2D eigenvalue weighted by Gasteiger charge is -2.13. The highest BCUT2D eigenvalue weighted by Crippen LogP contribution is 2.38. The molecule has 0 aliphatic carbocycles. The fourth-order valence-corrected chi connectivity index (χ4v) is 4.88. The first-order chi connectivity index (χ1) is 7.99. The first-order valence-electron chi connectivity index (χ1n) is 4.88. The molecule has 0 amide bonds. The molecule has 0 saturated carbocycles. The molecular formula is C12H9Br3OS. The Kier molecular flexibility index (Phi) is 4.47. The number of aryl methyl sites for hydroxylation is 1. The van der Waals surface area contributed by atoms with Crippen molar-refractivity contribution in [2.75, 3.05) is 0 Å². The van der Waals surface area contributed by atoms with Crippen LogP contribution in [0.4, 0.5) is 0 Å². The second kappa shape index (κ2) is 5.53.